The van der Waals surface area contributed by atoms with Crippen LogP contribution in [-0.4, -0.2) is 34.7 Å². The van der Waals surface area contributed by atoms with E-state index >= 15 is 0 Å². The minimum Gasteiger partial charge on any atom is -0.310 e. The van der Waals surface area contributed by atoms with E-state index in [1.807, 2.05) is 12.1 Å². The smallest absolute Gasteiger partial charge is 0.284 e. The molecule has 2 amide bonds. The quantitative estimate of drug-likeness (QED) is 0.144. The van der Waals surface area contributed by atoms with E-state index in [4.69, 9.17) is 0 Å². The highest BCUT2D eigenvalue weighted by Gasteiger charge is 2.33. The van der Waals surface area contributed by atoms with Crippen LogP contribution in [0, 0.1) is 15.9 Å². The molecule has 0 bridgehead atoms. The third-order valence-corrected chi connectivity index (χ3v) is 6.90. The Labute approximate surface area is 204 Å². The second-order valence-corrected chi connectivity index (χ2v) is 8.93. The summed E-state index contributed by atoms with van der Waals surface area (Å²) < 4.78 is 15.7. The van der Waals surface area contributed by atoms with Crippen molar-refractivity contribution in [3.8, 4) is 0 Å². The molecule has 0 aliphatic carbocycles. The summed E-state index contributed by atoms with van der Waals surface area (Å²) in [5, 5.41) is 13.0. The second kappa shape index (κ2) is 9.19. The lowest BCUT2D eigenvalue weighted by Crippen LogP contribution is -2.43. The molecule has 0 radical (unpaired) electrons. The molecule has 0 N–H and O–H groups in total. The summed E-state index contributed by atoms with van der Waals surface area (Å²) >= 11 is 1.05. The maximum Gasteiger partial charge on any atom is 0.284 e. The Morgan fingerprint density at radius 1 is 0.886 bits per heavy atom. The van der Waals surface area contributed by atoms with Crippen LogP contribution in [0.4, 0.5) is 15.8 Å². The van der Waals surface area contributed by atoms with Crippen LogP contribution in [-0.2, 0) is 0 Å². The number of nitrogens with zero attached hydrogens (tertiary/aromatic N) is 3. The fraction of sp³-hybridized carbons (Fsp3) is 0.0769. The van der Waals surface area contributed by atoms with Crippen molar-refractivity contribution in [3.63, 3.8) is 0 Å². The Kier molecular flexibility index (Phi) is 5.92. The molecular formula is C26H18FN3O4S. The third kappa shape index (κ3) is 4.22. The first-order valence-electron chi connectivity index (χ1n) is 10.8. The van der Waals surface area contributed by atoms with Crippen molar-refractivity contribution in [1.82, 2.24) is 4.90 Å². The number of carbonyl (C=O) groups excluding carboxylic acids is 2. The molecule has 35 heavy (non-hydrogen) atoms. The molecule has 1 aliphatic heterocycles. The highest BCUT2D eigenvalue weighted by atomic mass is 32.2. The number of halogens is 1. The summed E-state index contributed by atoms with van der Waals surface area (Å²) in [5.41, 5.74) is 1.25. The highest BCUT2D eigenvalue weighted by molar-refractivity contribution is 8.00. The molecule has 0 spiro atoms. The van der Waals surface area contributed by atoms with Crippen LogP contribution in [0.3, 0.4) is 0 Å². The Bertz CT molecular complexity index is 1440. The van der Waals surface area contributed by atoms with Crippen molar-refractivity contribution in [2.45, 2.75) is 4.90 Å². The summed E-state index contributed by atoms with van der Waals surface area (Å²) in [5.74, 6) is -1.29. The Morgan fingerprint density at radius 2 is 1.54 bits per heavy atom. The van der Waals surface area contributed by atoms with Crippen molar-refractivity contribution in [2.24, 2.45) is 0 Å². The molecule has 1 aliphatic rings. The molecule has 0 saturated carbocycles. The van der Waals surface area contributed by atoms with Crippen LogP contribution in [0.1, 0.15) is 20.7 Å². The molecule has 0 aromatic heterocycles. The fourth-order valence-corrected chi connectivity index (χ4v) is 5.14. The number of rotatable bonds is 7. The number of nitro groups is 1. The lowest BCUT2D eigenvalue weighted by molar-refractivity contribution is -0.387. The minimum absolute atomic E-state index is 0.00648. The van der Waals surface area contributed by atoms with E-state index in [-0.39, 0.29) is 18.8 Å². The average Bonchev–Trinajstić information content (AvgIpc) is 2.86. The van der Waals surface area contributed by atoms with Crippen LogP contribution in [0.2, 0.25) is 0 Å². The zero-order valence-electron chi connectivity index (χ0n) is 18.3. The monoisotopic (exact) mass is 487 g/mol. The van der Waals surface area contributed by atoms with E-state index in [0.717, 1.165) is 17.3 Å². The normalized spacial score (nSPS) is 12.8. The van der Waals surface area contributed by atoms with Crippen molar-refractivity contribution in [3.05, 3.63) is 112 Å². The summed E-state index contributed by atoms with van der Waals surface area (Å²) in [6.07, 6.45) is 0. The van der Waals surface area contributed by atoms with E-state index in [1.165, 1.54) is 29.2 Å². The number of amides is 2. The average molecular weight is 488 g/mol. The molecule has 174 valence electrons. The predicted octanol–water partition coefficient (Wildman–Crippen LogP) is 5.70. The number of carbonyl (C=O) groups is 2. The van der Waals surface area contributed by atoms with Gasteiger partial charge in [0, 0.05) is 35.7 Å². The third-order valence-electron chi connectivity index (χ3n) is 5.75. The number of hydrogen-bond donors (Lipinski definition) is 0. The van der Waals surface area contributed by atoms with Gasteiger partial charge in [0.15, 0.2) is 0 Å². The maximum atomic E-state index is 14.0. The molecule has 4 aromatic carbocycles. The minimum atomic E-state index is -0.485. The Morgan fingerprint density at radius 3 is 2.20 bits per heavy atom. The van der Waals surface area contributed by atoms with Gasteiger partial charge in [-0.25, -0.2) is 4.39 Å². The zero-order chi connectivity index (χ0) is 24.5. The number of hydrogen-bond acceptors (Lipinski definition) is 6. The fourth-order valence-electron chi connectivity index (χ4n) is 4.14. The van der Waals surface area contributed by atoms with Crippen molar-refractivity contribution in [1.29, 1.82) is 0 Å². The number of benzene rings is 4. The van der Waals surface area contributed by atoms with E-state index in [1.54, 1.807) is 52.8 Å². The topological polar surface area (TPSA) is 83.8 Å². The van der Waals surface area contributed by atoms with Gasteiger partial charge in [0.25, 0.3) is 17.5 Å². The van der Waals surface area contributed by atoms with Crippen LogP contribution in [0.25, 0.3) is 10.8 Å². The van der Waals surface area contributed by atoms with Crippen molar-refractivity contribution >= 4 is 45.9 Å². The van der Waals surface area contributed by atoms with Crippen LogP contribution in [0.5, 0.6) is 0 Å². The lowest BCUT2D eigenvalue weighted by atomic mass is 9.94. The van der Waals surface area contributed by atoms with Gasteiger partial charge in [0.1, 0.15) is 10.7 Å². The second-order valence-electron chi connectivity index (χ2n) is 7.87. The number of imide groups is 1. The highest BCUT2D eigenvalue weighted by Crippen LogP contribution is 2.35. The number of nitro benzene ring substituents is 1. The summed E-state index contributed by atoms with van der Waals surface area (Å²) in [4.78, 5) is 39.0. The van der Waals surface area contributed by atoms with Crippen LogP contribution < -0.4 is 4.31 Å². The summed E-state index contributed by atoms with van der Waals surface area (Å²) in [6.45, 7) is 0.127. The zero-order valence-corrected chi connectivity index (χ0v) is 19.1. The van der Waals surface area contributed by atoms with Crippen LogP contribution >= 0.6 is 11.9 Å². The molecule has 5 rings (SSSR count). The molecular weight excluding hydrogens is 469 g/mol. The van der Waals surface area contributed by atoms with E-state index in [2.05, 4.69) is 0 Å². The number of para-hydroxylation sites is 1. The van der Waals surface area contributed by atoms with Gasteiger partial charge in [-0.2, -0.15) is 0 Å². The molecule has 0 atom stereocenters. The first-order chi connectivity index (χ1) is 16.9. The maximum absolute atomic E-state index is 14.0. The summed E-state index contributed by atoms with van der Waals surface area (Å²) in [6, 6.07) is 22.7. The standard InChI is InChI=1S/C26H18FN3O4S/c27-18-8-5-9-19(16-18)29(35-23-13-2-1-12-22(23)30(33)34)15-14-28-25(31)20-10-3-6-17-7-4-11-21(24(17)20)26(28)32/h1-13,16H,14-15H2. The van der Waals surface area contributed by atoms with Crippen molar-refractivity contribution < 1.29 is 18.9 Å². The summed E-state index contributed by atoms with van der Waals surface area (Å²) in [7, 11) is 0. The van der Waals surface area contributed by atoms with Gasteiger partial charge in [-0.15, -0.1) is 0 Å². The molecule has 9 heteroatoms. The molecule has 4 aromatic rings. The van der Waals surface area contributed by atoms with Gasteiger partial charge in [-0.05, 0) is 53.7 Å². The van der Waals surface area contributed by atoms with Gasteiger partial charge in [0.05, 0.1) is 10.6 Å². The first-order valence-corrected chi connectivity index (χ1v) is 11.5. The molecule has 0 saturated heterocycles. The SMILES string of the molecule is O=C1c2cccc3cccc(c23)C(=O)N1CCN(Sc1ccccc1[N+](=O)[O-])c1cccc(F)c1. The van der Waals surface area contributed by atoms with E-state index < -0.39 is 22.6 Å². The van der Waals surface area contributed by atoms with Gasteiger partial charge in [-0.1, -0.05) is 42.5 Å². The van der Waals surface area contributed by atoms with Crippen molar-refractivity contribution in [2.75, 3.05) is 17.4 Å². The molecule has 0 fully saturated rings. The van der Waals surface area contributed by atoms with E-state index in [0.29, 0.717) is 27.1 Å². The first kappa shape index (κ1) is 22.5. The van der Waals surface area contributed by atoms with E-state index in [9.17, 15) is 24.1 Å². The lowest BCUT2D eigenvalue weighted by Gasteiger charge is -2.30. The number of anilines is 1. The molecule has 7 nitrogen and oxygen atoms in total. The Balaban J connectivity index is 1.46. The molecule has 1 heterocycles. The Hall–Kier alpha value is -4.24. The van der Waals surface area contributed by atoms with Crippen LogP contribution in [0.15, 0.2) is 89.8 Å². The van der Waals surface area contributed by atoms with Gasteiger partial charge < -0.3 is 4.31 Å². The van der Waals surface area contributed by atoms with Gasteiger partial charge in [0.2, 0.25) is 0 Å². The van der Waals surface area contributed by atoms with Gasteiger partial charge >= 0.3 is 0 Å². The largest absolute Gasteiger partial charge is 0.310 e. The molecule has 0 unspecified atom stereocenters. The predicted molar refractivity (Wildman–Crippen MR) is 132 cm³/mol. The van der Waals surface area contributed by atoms with Gasteiger partial charge in [-0.3, -0.25) is 24.6 Å².